The lowest BCUT2D eigenvalue weighted by Gasteiger charge is -2.32. The van der Waals surface area contributed by atoms with Crippen LogP contribution in [0.4, 0.5) is 10.3 Å². The van der Waals surface area contributed by atoms with Gasteiger partial charge in [0.05, 0.1) is 16.6 Å². The normalized spacial score (nSPS) is 15.0. The van der Waals surface area contributed by atoms with E-state index in [9.17, 15) is 9.18 Å². The summed E-state index contributed by atoms with van der Waals surface area (Å²) in [7, 11) is 0. The van der Waals surface area contributed by atoms with Crippen LogP contribution in [0.25, 0.3) is 0 Å². The predicted octanol–water partition coefficient (Wildman–Crippen LogP) is 4.15. The zero-order chi connectivity index (χ0) is 19.2. The Hall–Kier alpha value is -2.22. The van der Waals surface area contributed by atoms with Gasteiger partial charge in [-0.3, -0.25) is 0 Å². The van der Waals surface area contributed by atoms with Crippen molar-refractivity contribution in [3.8, 4) is 5.75 Å². The van der Waals surface area contributed by atoms with E-state index in [1.165, 1.54) is 18.2 Å². The summed E-state index contributed by atoms with van der Waals surface area (Å²) in [6, 6.07) is 4.17. The highest BCUT2D eigenvalue weighted by molar-refractivity contribution is 9.10. The van der Waals surface area contributed by atoms with Gasteiger partial charge in [-0.2, -0.15) is 0 Å². The molecule has 2 heterocycles. The van der Waals surface area contributed by atoms with Crippen molar-refractivity contribution in [1.29, 1.82) is 0 Å². The van der Waals surface area contributed by atoms with Crippen LogP contribution in [0.2, 0.25) is 0 Å². The third kappa shape index (κ3) is 5.15. The lowest BCUT2D eigenvalue weighted by atomic mass is 9.92. The number of nitrogens with zero attached hydrogens (tertiary/aromatic N) is 3. The molecule has 0 unspecified atom stereocenters. The second-order valence-electron chi connectivity index (χ2n) is 6.55. The molecule has 3 rings (SSSR count). The fraction of sp³-hybridized carbons (Fsp3) is 0.421. The first-order chi connectivity index (χ1) is 13.0. The molecule has 0 aliphatic carbocycles. The minimum absolute atomic E-state index is 0.00268. The smallest absolute Gasteiger partial charge is 0.338 e. The van der Waals surface area contributed by atoms with Gasteiger partial charge < -0.3 is 14.7 Å². The van der Waals surface area contributed by atoms with Crippen molar-refractivity contribution in [2.75, 3.05) is 24.6 Å². The summed E-state index contributed by atoms with van der Waals surface area (Å²) in [6.45, 7) is 2.21. The number of carboxylic acids is 1. The van der Waals surface area contributed by atoms with E-state index in [0.29, 0.717) is 12.5 Å². The van der Waals surface area contributed by atoms with Crippen LogP contribution in [-0.4, -0.2) is 40.7 Å². The van der Waals surface area contributed by atoms with Crippen LogP contribution in [0.1, 0.15) is 36.0 Å². The number of ether oxygens (including phenoxy) is 1. The van der Waals surface area contributed by atoms with Gasteiger partial charge in [0, 0.05) is 25.5 Å². The fourth-order valence-corrected chi connectivity index (χ4v) is 3.44. The molecular weight excluding hydrogens is 417 g/mol. The van der Waals surface area contributed by atoms with Gasteiger partial charge in [0.1, 0.15) is 0 Å². The third-order valence-electron chi connectivity index (χ3n) is 4.71. The van der Waals surface area contributed by atoms with Crippen molar-refractivity contribution in [1.82, 2.24) is 9.97 Å². The van der Waals surface area contributed by atoms with E-state index in [1.54, 1.807) is 12.4 Å². The number of aromatic nitrogens is 2. The molecule has 144 valence electrons. The lowest BCUT2D eigenvalue weighted by molar-refractivity contribution is 0.0690. The van der Waals surface area contributed by atoms with E-state index in [-0.39, 0.29) is 11.3 Å². The zero-order valence-corrected chi connectivity index (χ0v) is 16.4. The van der Waals surface area contributed by atoms with Gasteiger partial charge in [-0.05, 0) is 59.7 Å². The molecule has 0 atom stereocenters. The maximum Gasteiger partial charge on any atom is 0.338 e. The molecule has 1 aromatic carbocycles. The maximum absolute atomic E-state index is 14.0. The van der Waals surface area contributed by atoms with Crippen LogP contribution in [0, 0.1) is 11.7 Å². The topological polar surface area (TPSA) is 75.6 Å². The van der Waals surface area contributed by atoms with Crippen molar-refractivity contribution in [2.45, 2.75) is 25.7 Å². The molecule has 1 aliphatic rings. The van der Waals surface area contributed by atoms with E-state index in [0.717, 1.165) is 49.2 Å². The SMILES string of the molecule is O=C(O)c1cccc(OCCCC2CCN(c3ncc(Br)cn3)CC2)c1F. The van der Waals surface area contributed by atoms with Crippen LogP contribution in [0.5, 0.6) is 5.75 Å². The average Bonchev–Trinajstić information content (AvgIpc) is 2.67. The summed E-state index contributed by atoms with van der Waals surface area (Å²) in [4.78, 5) is 21.8. The van der Waals surface area contributed by atoms with Crippen molar-refractivity contribution >= 4 is 27.8 Å². The van der Waals surface area contributed by atoms with Crippen molar-refractivity contribution in [3.63, 3.8) is 0 Å². The molecule has 27 heavy (non-hydrogen) atoms. The molecule has 0 amide bonds. The molecule has 0 spiro atoms. The Morgan fingerprint density at radius 3 is 2.67 bits per heavy atom. The minimum Gasteiger partial charge on any atom is -0.490 e. The molecule has 0 saturated carbocycles. The Bertz CT molecular complexity index is 780. The van der Waals surface area contributed by atoms with Gasteiger partial charge in [-0.25, -0.2) is 19.2 Å². The third-order valence-corrected chi connectivity index (χ3v) is 5.12. The molecule has 8 heteroatoms. The summed E-state index contributed by atoms with van der Waals surface area (Å²) in [5.41, 5.74) is -0.366. The van der Waals surface area contributed by atoms with Gasteiger partial charge in [0.2, 0.25) is 5.95 Å². The van der Waals surface area contributed by atoms with E-state index in [2.05, 4.69) is 30.8 Å². The second-order valence-corrected chi connectivity index (χ2v) is 7.46. The number of carboxylic acid groups (broad SMARTS) is 1. The van der Waals surface area contributed by atoms with Crippen molar-refractivity contribution < 1.29 is 19.0 Å². The highest BCUT2D eigenvalue weighted by atomic mass is 79.9. The average molecular weight is 438 g/mol. The first kappa shape index (κ1) is 19.5. The first-order valence-electron chi connectivity index (χ1n) is 8.91. The monoisotopic (exact) mass is 437 g/mol. The number of hydrogen-bond acceptors (Lipinski definition) is 5. The standard InChI is InChI=1S/C19H21BrFN3O3/c20-14-11-22-19(23-12-14)24-8-6-13(7-9-24)3-2-10-27-16-5-1-4-15(17(16)21)18(25)26/h1,4-5,11-13H,2-3,6-10H2,(H,25,26). The van der Waals surface area contributed by atoms with E-state index in [1.807, 2.05) is 0 Å². The molecule has 1 N–H and O–H groups in total. The van der Waals surface area contributed by atoms with E-state index >= 15 is 0 Å². The van der Waals surface area contributed by atoms with Crippen LogP contribution in [0.15, 0.2) is 35.1 Å². The number of halogens is 2. The summed E-state index contributed by atoms with van der Waals surface area (Å²) < 4.78 is 20.3. The van der Waals surface area contributed by atoms with Gasteiger partial charge in [0.25, 0.3) is 0 Å². The Labute approximate surface area is 165 Å². The van der Waals surface area contributed by atoms with Crippen LogP contribution in [0.3, 0.4) is 0 Å². The molecule has 1 saturated heterocycles. The minimum atomic E-state index is -1.29. The number of hydrogen-bond donors (Lipinski definition) is 1. The first-order valence-corrected chi connectivity index (χ1v) is 9.71. The Morgan fingerprint density at radius 2 is 2.00 bits per heavy atom. The van der Waals surface area contributed by atoms with Crippen molar-refractivity contribution in [2.24, 2.45) is 5.92 Å². The number of rotatable bonds is 7. The van der Waals surface area contributed by atoms with Crippen LogP contribution in [-0.2, 0) is 0 Å². The van der Waals surface area contributed by atoms with Crippen LogP contribution < -0.4 is 9.64 Å². The maximum atomic E-state index is 14.0. The Kier molecular flexibility index (Phi) is 6.60. The summed E-state index contributed by atoms with van der Waals surface area (Å²) in [5, 5.41) is 8.94. The van der Waals surface area contributed by atoms with Gasteiger partial charge >= 0.3 is 5.97 Å². The number of anilines is 1. The van der Waals surface area contributed by atoms with E-state index in [4.69, 9.17) is 9.84 Å². The molecule has 1 aromatic heterocycles. The Balaban J connectivity index is 1.40. The van der Waals surface area contributed by atoms with Gasteiger partial charge in [0.15, 0.2) is 11.6 Å². The summed E-state index contributed by atoms with van der Waals surface area (Å²) >= 11 is 3.34. The predicted molar refractivity (Wildman–Crippen MR) is 103 cm³/mol. The molecular formula is C19H21BrFN3O3. The molecule has 1 aliphatic heterocycles. The van der Waals surface area contributed by atoms with Crippen molar-refractivity contribution in [3.05, 3.63) is 46.4 Å². The number of carbonyl (C=O) groups is 1. The molecule has 6 nitrogen and oxygen atoms in total. The van der Waals surface area contributed by atoms with E-state index < -0.39 is 11.8 Å². The number of aromatic carboxylic acids is 1. The Morgan fingerprint density at radius 1 is 1.30 bits per heavy atom. The van der Waals surface area contributed by atoms with Gasteiger partial charge in [-0.1, -0.05) is 6.07 Å². The largest absolute Gasteiger partial charge is 0.490 e. The number of benzene rings is 1. The summed E-state index contributed by atoms with van der Waals surface area (Å²) in [5.74, 6) is -0.756. The van der Waals surface area contributed by atoms with Gasteiger partial charge in [-0.15, -0.1) is 0 Å². The molecule has 0 bridgehead atoms. The second kappa shape index (κ2) is 9.12. The lowest BCUT2D eigenvalue weighted by Crippen LogP contribution is -2.34. The highest BCUT2D eigenvalue weighted by Crippen LogP contribution is 2.25. The summed E-state index contributed by atoms with van der Waals surface area (Å²) in [6.07, 6.45) is 7.42. The number of piperidine rings is 1. The zero-order valence-electron chi connectivity index (χ0n) is 14.8. The molecule has 2 aromatic rings. The molecule has 1 fully saturated rings. The quantitative estimate of drug-likeness (QED) is 0.655. The highest BCUT2D eigenvalue weighted by Gasteiger charge is 2.21. The fourth-order valence-electron chi connectivity index (χ4n) is 3.23. The van der Waals surface area contributed by atoms with Crippen LogP contribution >= 0.6 is 15.9 Å². The molecule has 0 radical (unpaired) electrons.